The zero-order valence-corrected chi connectivity index (χ0v) is 6.70. The van der Waals surface area contributed by atoms with Gasteiger partial charge < -0.3 is 5.73 Å². The fraction of sp³-hybridized carbons (Fsp3) is 0. The predicted octanol–water partition coefficient (Wildman–Crippen LogP) is 1.22. The summed E-state index contributed by atoms with van der Waals surface area (Å²) in [7, 11) is 2.69. The van der Waals surface area contributed by atoms with Crippen molar-refractivity contribution in [3.05, 3.63) is 8.96 Å². The number of hydrogen-bond donors (Lipinski definition) is 2. The van der Waals surface area contributed by atoms with Gasteiger partial charge in [-0.25, -0.2) is 4.98 Å². The monoisotopic (exact) mass is 177 g/mol. The lowest BCUT2D eigenvalue weighted by molar-refractivity contribution is 1.33. The van der Waals surface area contributed by atoms with Crippen molar-refractivity contribution in [2.24, 2.45) is 5.73 Å². The molecular weight excluding hydrogens is 174 g/mol. The maximum atomic E-state index is 6.93. The van der Waals surface area contributed by atoms with E-state index in [-0.39, 0.29) is 5.84 Å². The number of hydrogen-bond acceptors (Lipinski definition) is 5. The maximum Gasteiger partial charge on any atom is 0.192 e. The summed E-state index contributed by atoms with van der Waals surface area (Å²) in [4.78, 5) is 3.81. The Hall–Kier alpha value is -0.330. The molecule has 0 aromatic carbocycles. The van der Waals surface area contributed by atoms with Gasteiger partial charge in [-0.3, -0.25) is 5.41 Å². The van der Waals surface area contributed by atoms with Crippen molar-refractivity contribution in [3.8, 4) is 0 Å². The Morgan fingerprint density at radius 3 is 2.56 bits per heavy atom. The molecule has 1 rings (SSSR count). The van der Waals surface area contributed by atoms with E-state index in [2.05, 4.69) is 4.98 Å². The van der Waals surface area contributed by atoms with Crippen molar-refractivity contribution < 1.29 is 0 Å². The van der Waals surface area contributed by atoms with Crippen molar-refractivity contribution in [1.29, 1.82) is 5.41 Å². The SMILES string of the molecule is N=C(N)c1nc(=S)ss1. The molecule has 0 spiro atoms. The van der Waals surface area contributed by atoms with E-state index in [4.69, 9.17) is 23.4 Å². The molecule has 3 nitrogen and oxygen atoms in total. The summed E-state index contributed by atoms with van der Waals surface area (Å²) >= 11 is 4.72. The van der Waals surface area contributed by atoms with Crippen molar-refractivity contribution in [3.63, 3.8) is 0 Å². The van der Waals surface area contributed by atoms with Crippen LogP contribution in [0, 0.1) is 9.36 Å². The Balaban J connectivity index is 3.12. The second-order valence-electron chi connectivity index (χ2n) is 1.26. The Labute approximate surface area is 64.1 Å². The van der Waals surface area contributed by atoms with Crippen molar-refractivity contribution in [1.82, 2.24) is 4.98 Å². The van der Waals surface area contributed by atoms with E-state index in [1.165, 1.54) is 20.7 Å². The lowest BCUT2D eigenvalue weighted by atomic mass is 10.7. The van der Waals surface area contributed by atoms with Gasteiger partial charge in [-0.15, -0.1) is 0 Å². The molecule has 0 atom stereocenters. The fourth-order valence-corrected chi connectivity index (χ4v) is 2.25. The van der Waals surface area contributed by atoms with E-state index in [9.17, 15) is 0 Å². The highest BCUT2D eigenvalue weighted by Gasteiger charge is 1.98. The molecule has 0 bridgehead atoms. The number of aromatic nitrogens is 1. The molecule has 0 saturated heterocycles. The molecule has 3 N–H and O–H groups in total. The normalized spacial score (nSPS) is 9.33. The van der Waals surface area contributed by atoms with Crippen LogP contribution in [0.5, 0.6) is 0 Å². The lowest BCUT2D eigenvalue weighted by Crippen LogP contribution is -2.09. The molecule has 6 heteroatoms. The summed E-state index contributed by atoms with van der Waals surface area (Å²) in [6.07, 6.45) is 0. The third-order valence-electron chi connectivity index (χ3n) is 0.615. The molecule has 0 saturated carbocycles. The van der Waals surface area contributed by atoms with Crippen LogP contribution in [0.25, 0.3) is 0 Å². The highest BCUT2D eigenvalue weighted by atomic mass is 32.9. The Bertz CT molecular complexity index is 272. The molecule has 0 radical (unpaired) electrons. The van der Waals surface area contributed by atoms with Gasteiger partial charge in [0.05, 0.1) is 0 Å². The molecule has 48 valence electrons. The molecule has 0 aliphatic carbocycles. The van der Waals surface area contributed by atoms with Crippen molar-refractivity contribution in [2.75, 3.05) is 0 Å². The van der Waals surface area contributed by atoms with Crippen LogP contribution < -0.4 is 5.73 Å². The van der Waals surface area contributed by atoms with Crippen LogP contribution in [0.4, 0.5) is 0 Å². The highest BCUT2D eigenvalue weighted by Crippen LogP contribution is 2.11. The quantitative estimate of drug-likeness (QED) is 0.293. The van der Waals surface area contributed by atoms with E-state index in [1.807, 2.05) is 0 Å². The fourth-order valence-electron chi connectivity index (χ4n) is 0.300. The van der Waals surface area contributed by atoms with Gasteiger partial charge in [0.25, 0.3) is 0 Å². The van der Waals surface area contributed by atoms with Gasteiger partial charge >= 0.3 is 0 Å². The van der Waals surface area contributed by atoms with E-state index in [0.29, 0.717) is 8.96 Å². The number of nitrogens with two attached hydrogens (primary N) is 1. The molecule has 1 aromatic heterocycles. The second-order valence-corrected chi connectivity index (χ2v) is 4.02. The molecule has 1 heterocycles. The zero-order chi connectivity index (χ0) is 6.85. The van der Waals surface area contributed by atoms with E-state index in [1.54, 1.807) is 0 Å². The van der Waals surface area contributed by atoms with E-state index in [0.717, 1.165) is 0 Å². The number of amidine groups is 1. The summed E-state index contributed by atoms with van der Waals surface area (Å²) in [6, 6.07) is 0. The first-order chi connectivity index (χ1) is 4.20. The minimum Gasteiger partial charge on any atom is -0.382 e. The van der Waals surface area contributed by atoms with Gasteiger partial charge in [0.1, 0.15) is 0 Å². The minimum atomic E-state index is -0.00708. The Kier molecular flexibility index (Phi) is 1.89. The summed E-state index contributed by atoms with van der Waals surface area (Å²) in [6.45, 7) is 0. The van der Waals surface area contributed by atoms with Gasteiger partial charge in [0, 0.05) is 0 Å². The topological polar surface area (TPSA) is 62.8 Å². The van der Waals surface area contributed by atoms with Crippen LogP contribution in [0.3, 0.4) is 0 Å². The smallest absolute Gasteiger partial charge is 0.192 e. The standard InChI is InChI=1S/C3H3N3S3/c4-1(5)2-6-3(7)9-8-2/h(H3,4,5). The molecule has 0 aliphatic heterocycles. The minimum absolute atomic E-state index is 0.00708. The first-order valence-corrected chi connectivity index (χ1v) is 4.57. The van der Waals surface area contributed by atoms with Crippen LogP contribution in [-0.4, -0.2) is 10.8 Å². The van der Waals surface area contributed by atoms with Gasteiger partial charge in [-0.2, -0.15) is 0 Å². The van der Waals surface area contributed by atoms with Gasteiger partial charge in [-0.05, 0) is 22.6 Å². The summed E-state index contributed by atoms with van der Waals surface area (Å²) in [5, 5.41) is 7.45. The van der Waals surface area contributed by atoms with Crippen LogP contribution in [-0.2, 0) is 0 Å². The van der Waals surface area contributed by atoms with Crippen LogP contribution in [0.2, 0.25) is 0 Å². The van der Waals surface area contributed by atoms with E-state index < -0.39 is 0 Å². The molecule has 0 unspecified atom stereocenters. The molecule has 0 aliphatic rings. The lowest BCUT2D eigenvalue weighted by Gasteiger charge is -1.82. The third-order valence-corrected chi connectivity index (χ3v) is 3.26. The zero-order valence-electron chi connectivity index (χ0n) is 4.25. The molecular formula is C3H3N3S3. The number of nitrogen functional groups attached to an aromatic ring is 1. The Morgan fingerprint density at radius 2 is 2.33 bits per heavy atom. The maximum absolute atomic E-state index is 6.93. The first-order valence-electron chi connectivity index (χ1n) is 2.01. The number of nitrogens with one attached hydrogen (secondary N) is 1. The second kappa shape index (κ2) is 2.51. The summed E-state index contributed by atoms with van der Waals surface area (Å²) < 4.78 is 0.546. The first kappa shape index (κ1) is 6.79. The van der Waals surface area contributed by atoms with Gasteiger partial charge in [0.2, 0.25) is 0 Å². The largest absolute Gasteiger partial charge is 0.382 e. The molecule has 0 fully saturated rings. The van der Waals surface area contributed by atoms with Crippen LogP contribution in [0.1, 0.15) is 5.01 Å². The average molecular weight is 177 g/mol. The predicted molar refractivity (Wildman–Crippen MR) is 41.8 cm³/mol. The third kappa shape index (κ3) is 1.54. The van der Waals surface area contributed by atoms with Gasteiger partial charge in [-0.1, -0.05) is 10.3 Å². The summed E-state index contributed by atoms with van der Waals surface area (Å²) in [5.74, 6) is -0.00708. The molecule has 9 heavy (non-hydrogen) atoms. The van der Waals surface area contributed by atoms with Crippen molar-refractivity contribution in [2.45, 2.75) is 0 Å². The number of nitrogens with zero attached hydrogens (tertiary/aromatic N) is 1. The number of rotatable bonds is 1. The van der Waals surface area contributed by atoms with Crippen molar-refractivity contribution >= 4 is 38.7 Å². The van der Waals surface area contributed by atoms with Crippen LogP contribution in [0.15, 0.2) is 0 Å². The highest BCUT2D eigenvalue weighted by molar-refractivity contribution is 7.79. The van der Waals surface area contributed by atoms with Gasteiger partial charge in [0.15, 0.2) is 14.8 Å². The Morgan fingerprint density at radius 1 is 1.67 bits per heavy atom. The van der Waals surface area contributed by atoms with E-state index >= 15 is 0 Å². The van der Waals surface area contributed by atoms with Crippen LogP contribution >= 0.6 is 32.9 Å². The molecule has 1 aromatic rings. The molecule has 0 amide bonds. The summed E-state index contributed by atoms with van der Waals surface area (Å²) in [5.41, 5.74) is 5.12. The average Bonchev–Trinajstić information content (AvgIpc) is 2.14.